The zero-order chi connectivity index (χ0) is 21.9. The second kappa shape index (κ2) is 8.66. The van der Waals surface area contributed by atoms with Gasteiger partial charge in [0.25, 0.3) is 0 Å². The number of amides is 2. The number of rotatable bonds is 5. The van der Waals surface area contributed by atoms with Crippen LogP contribution in [-0.2, 0) is 9.47 Å². The third-order valence-electron chi connectivity index (χ3n) is 4.72. The summed E-state index contributed by atoms with van der Waals surface area (Å²) in [6, 6.07) is 4.38. The van der Waals surface area contributed by atoms with Gasteiger partial charge >= 0.3 is 12.2 Å². The summed E-state index contributed by atoms with van der Waals surface area (Å²) in [6.07, 6.45) is -0.995. The minimum absolute atomic E-state index is 0.0269. The molecule has 2 saturated heterocycles. The van der Waals surface area contributed by atoms with Gasteiger partial charge in [-0.15, -0.1) is 0 Å². The van der Waals surface area contributed by atoms with Gasteiger partial charge in [-0.1, -0.05) is 5.11 Å². The van der Waals surface area contributed by atoms with Crippen LogP contribution in [0.25, 0.3) is 10.4 Å². The lowest BCUT2D eigenvalue weighted by Crippen LogP contribution is -2.40. The van der Waals surface area contributed by atoms with E-state index in [1.807, 2.05) is 4.90 Å². The second-order valence-electron chi connectivity index (χ2n) is 8.24. The van der Waals surface area contributed by atoms with Crippen LogP contribution in [0.1, 0.15) is 27.2 Å². The number of anilines is 2. The third kappa shape index (κ3) is 5.24. The smallest absolute Gasteiger partial charge is 0.414 e. The lowest BCUT2D eigenvalue weighted by atomic mass is 10.2. The molecule has 162 valence electrons. The maximum Gasteiger partial charge on any atom is 0.414 e. The van der Waals surface area contributed by atoms with Gasteiger partial charge in [-0.25, -0.2) is 14.0 Å². The standard InChI is InChI=1S/C19H25FN6O4/c1-19(2,3)30-17(27)23-12-6-7-25(10-12)16-5-4-13(8-15(16)20)26-11-14(9-22-24-21)29-18(26)28/h4-5,8,12,14H,6-7,9-11H2,1-3H3,(H,23,27)/t12-,14-/m0/s1. The quantitative estimate of drug-likeness (QED) is 0.444. The maximum atomic E-state index is 14.8. The molecule has 2 heterocycles. The Morgan fingerprint density at radius 3 is 2.87 bits per heavy atom. The molecule has 2 aliphatic heterocycles. The Kier molecular flexibility index (Phi) is 6.21. The molecule has 30 heavy (non-hydrogen) atoms. The maximum absolute atomic E-state index is 14.8. The van der Waals surface area contributed by atoms with Crippen molar-refractivity contribution in [2.75, 3.05) is 36.0 Å². The van der Waals surface area contributed by atoms with Crippen molar-refractivity contribution in [2.24, 2.45) is 5.11 Å². The zero-order valence-electron chi connectivity index (χ0n) is 17.2. The molecule has 0 aliphatic carbocycles. The van der Waals surface area contributed by atoms with E-state index in [-0.39, 0.29) is 19.1 Å². The number of benzene rings is 1. The van der Waals surface area contributed by atoms with Gasteiger partial charge in [0.2, 0.25) is 0 Å². The molecule has 2 aliphatic rings. The number of ether oxygens (including phenoxy) is 2. The molecular formula is C19H25FN6O4. The van der Waals surface area contributed by atoms with Crippen molar-refractivity contribution >= 4 is 23.6 Å². The Morgan fingerprint density at radius 1 is 1.43 bits per heavy atom. The molecule has 11 heteroatoms. The average molecular weight is 420 g/mol. The molecular weight excluding hydrogens is 395 g/mol. The van der Waals surface area contributed by atoms with E-state index in [9.17, 15) is 14.0 Å². The number of azide groups is 1. The van der Waals surface area contributed by atoms with Crippen molar-refractivity contribution < 1.29 is 23.5 Å². The highest BCUT2D eigenvalue weighted by molar-refractivity contribution is 5.90. The molecule has 0 bridgehead atoms. The highest BCUT2D eigenvalue weighted by atomic mass is 19.1. The molecule has 0 spiro atoms. The van der Waals surface area contributed by atoms with Gasteiger partial charge < -0.3 is 19.7 Å². The number of hydrogen-bond acceptors (Lipinski definition) is 6. The fourth-order valence-corrected chi connectivity index (χ4v) is 3.45. The van der Waals surface area contributed by atoms with Crippen molar-refractivity contribution in [2.45, 2.75) is 44.9 Å². The summed E-state index contributed by atoms with van der Waals surface area (Å²) in [6.45, 7) is 6.62. The highest BCUT2D eigenvalue weighted by Crippen LogP contribution is 2.30. The molecule has 1 N–H and O–H groups in total. The summed E-state index contributed by atoms with van der Waals surface area (Å²) < 4.78 is 25.2. The number of carbonyl (C=O) groups excluding carboxylic acids is 2. The molecule has 3 rings (SSSR count). The Bertz CT molecular complexity index is 867. The molecule has 2 atom stereocenters. The molecule has 0 saturated carbocycles. The van der Waals surface area contributed by atoms with E-state index in [1.165, 1.54) is 11.0 Å². The van der Waals surface area contributed by atoms with Crippen molar-refractivity contribution in [3.63, 3.8) is 0 Å². The summed E-state index contributed by atoms with van der Waals surface area (Å²) in [7, 11) is 0. The molecule has 2 fully saturated rings. The summed E-state index contributed by atoms with van der Waals surface area (Å²) >= 11 is 0. The fraction of sp³-hybridized carbons (Fsp3) is 0.579. The summed E-state index contributed by atoms with van der Waals surface area (Å²) in [5.74, 6) is -0.475. The van der Waals surface area contributed by atoms with Crippen molar-refractivity contribution in [1.82, 2.24) is 5.32 Å². The van der Waals surface area contributed by atoms with Crippen LogP contribution in [0, 0.1) is 5.82 Å². The lowest BCUT2D eigenvalue weighted by molar-refractivity contribution is 0.0509. The predicted octanol–water partition coefficient (Wildman–Crippen LogP) is 3.56. The number of halogens is 1. The molecule has 10 nitrogen and oxygen atoms in total. The number of hydrogen-bond donors (Lipinski definition) is 1. The fourth-order valence-electron chi connectivity index (χ4n) is 3.45. The number of carbonyl (C=O) groups is 2. The van der Waals surface area contributed by atoms with Crippen LogP contribution in [0.15, 0.2) is 23.3 Å². The Balaban J connectivity index is 1.61. The van der Waals surface area contributed by atoms with Crippen molar-refractivity contribution in [3.8, 4) is 0 Å². The second-order valence-corrected chi connectivity index (χ2v) is 8.24. The number of nitrogens with zero attached hydrogens (tertiary/aromatic N) is 5. The van der Waals surface area contributed by atoms with E-state index in [0.29, 0.717) is 30.9 Å². The van der Waals surface area contributed by atoms with Gasteiger partial charge in [0.15, 0.2) is 0 Å². The molecule has 1 aromatic carbocycles. The minimum Gasteiger partial charge on any atom is -0.444 e. The van der Waals surface area contributed by atoms with Crippen LogP contribution in [0.5, 0.6) is 0 Å². The summed E-state index contributed by atoms with van der Waals surface area (Å²) in [4.78, 5) is 29.8. The molecule has 0 aromatic heterocycles. The minimum atomic E-state index is -0.608. The molecule has 1 aromatic rings. The van der Waals surface area contributed by atoms with Crippen LogP contribution in [0.2, 0.25) is 0 Å². The Labute approximate surface area is 173 Å². The van der Waals surface area contributed by atoms with Gasteiger partial charge in [0, 0.05) is 18.0 Å². The van der Waals surface area contributed by atoms with Gasteiger partial charge in [-0.05, 0) is 50.9 Å². The van der Waals surface area contributed by atoms with Gasteiger partial charge in [-0.3, -0.25) is 4.90 Å². The predicted molar refractivity (Wildman–Crippen MR) is 108 cm³/mol. The van der Waals surface area contributed by atoms with Gasteiger partial charge in [0.1, 0.15) is 17.5 Å². The molecule has 2 amide bonds. The normalized spacial score (nSPS) is 21.3. The van der Waals surface area contributed by atoms with Crippen LogP contribution < -0.4 is 15.1 Å². The first-order chi connectivity index (χ1) is 14.2. The van der Waals surface area contributed by atoms with Crippen LogP contribution in [0.3, 0.4) is 0 Å². The number of nitrogens with one attached hydrogen (secondary N) is 1. The lowest BCUT2D eigenvalue weighted by Gasteiger charge is -2.23. The SMILES string of the molecule is CC(C)(C)OC(=O)N[C@H]1CCN(c2ccc(N3C[C@H](CN=[N+]=[N-])OC3=O)cc2F)C1. The molecule has 0 unspecified atom stereocenters. The number of alkyl carbamates (subject to hydrolysis) is 1. The van der Waals surface area contributed by atoms with Crippen molar-refractivity contribution in [3.05, 3.63) is 34.5 Å². The first kappa shape index (κ1) is 21.5. The van der Waals surface area contributed by atoms with Crippen LogP contribution in [-0.4, -0.2) is 56.1 Å². The highest BCUT2D eigenvalue weighted by Gasteiger charge is 2.33. The van der Waals surface area contributed by atoms with E-state index in [2.05, 4.69) is 15.3 Å². The third-order valence-corrected chi connectivity index (χ3v) is 4.72. The van der Waals surface area contributed by atoms with E-state index >= 15 is 0 Å². The topological polar surface area (TPSA) is 120 Å². The Hall–Kier alpha value is -3.20. The van der Waals surface area contributed by atoms with Crippen LogP contribution in [0.4, 0.5) is 25.4 Å². The molecule has 0 radical (unpaired) electrons. The first-order valence-electron chi connectivity index (χ1n) is 9.69. The van der Waals surface area contributed by atoms with E-state index in [1.54, 1.807) is 32.9 Å². The van der Waals surface area contributed by atoms with Gasteiger partial charge in [0.05, 0.1) is 30.5 Å². The zero-order valence-corrected chi connectivity index (χ0v) is 17.2. The monoisotopic (exact) mass is 420 g/mol. The van der Waals surface area contributed by atoms with E-state index in [0.717, 1.165) is 0 Å². The Morgan fingerprint density at radius 2 is 2.20 bits per heavy atom. The number of cyclic esters (lactones) is 1. The summed E-state index contributed by atoms with van der Waals surface area (Å²) in [5, 5.41) is 6.21. The van der Waals surface area contributed by atoms with E-state index < -0.39 is 29.7 Å². The average Bonchev–Trinajstić information content (AvgIpc) is 3.24. The first-order valence-corrected chi connectivity index (χ1v) is 9.69. The van der Waals surface area contributed by atoms with E-state index in [4.69, 9.17) is 15.0 Å². The van der Waals surface area contributed by atoms with Crippen LogP contribution >= 0.6 is 0 Å². The van der Waals surface area contributed by atoms with Crippen molar-refractivity contribution in [1.29, 1.82) is 0 Å². The largest absolute Gasteiger partial charge is 0.444 e. The summed E-state index contributed by atoms with van der Waals surface area (Å²) in [5.41, 5.74) is 8.56. The van der Waals surface area contributed by atoms with Gasteiger partial charge in [-0.2, -0.15) is 0 Å².